The van der Waals surface area contributed by atoms with Gasteiger partial charge in [-0.15, -0.1) is 5.10 Å². The van der Waals surface area contributed by atoms with Crippen LogP contribution >= 0.6 is 11.6 Å². The van der Waals surface area contributed by atoms with Crippen molar-refractivity contribution < 1.29 is 4.39 Å². The molecule has 1 aromatic carbocycles. The first-order valence-electron chi connectivity index (χ1n) is 5.20. The van der Waals surface area contributed by atoms with Crippen molar-refractivity contribution in [2.45, 2.75) is 0 Å². The first kappa shape index (κ1) is 11.0. The molecular formula is C12H8ClFN4. The van der Waals surface area contributed by atoms with Crippen molar-refractivity contribution in [2.24, 2.45) is 0 Å². The molecule has 0 fully saturated rings. The smallest absolute Gasteiger partial charge is 0.181 e. The number of pyridine rings is 1. The van der Waals surface area contributed by atoms with Crippen LogP contribution in [0.1, 0.15) is 0 Å². The van der Waals surface area contributed by atoms with Gasteiger partial charge in [0.05, 0.1) is 5.02 Å². The number of rotatable bonds is 1. The number of nitrogen functional groups attached to an aromatic ring is 1. The lowest BCUT2D eigenvalue weighted by Gasteiger charge is -2.03. The van der Waals surface area contributed by atoms with E-state index in [0.717, 1.165) is 5.39 Å². The van der Waals surface area contributed by atoms with E-state index in [2.05, 4.69) is 10.1 Å². The van der Waals surface area contributed by atoms with Crippen LogP contribution in [-0.2, 0) is 0 Å². The molecule has 6 heteroatoms. The number of benzene rings is 1. The largest absolute Gasteiger partial charge is 0.399 e. The molecule has 0 unspecified atom stereocenters. The molecule has 0 spiro atoms. The van der Waals surface area contributed by atoms with E-state index in [1.807, 2.05) is 0 Å². The lowest BCUT2D eigenvalue weighted by molar-refractivity contribution is 0.612. The third-order valence-electron chi connectivity index (χ3n) is 2.54. The lowest BCUT2D eigenvalue weighted by atomic mass is 10.2. The van der Waals surface area contributed by atoms with Crippen LogP contribution in [-0.4, -0.2) is 14.8 Å². The topological polar surface area (TPSA) is 56.7 Å². The van der Waals surface area contributed by atoms with Crippen LogP contribution < -0.4 is 5.73 Å². The van der Waals surface area contributed by atoms with Gasteiger partial charge in [-0.3, -0.25) is 0 Å². The minimum Gasteiger partial charge on any atom is -0.399 e. The van der Waals surface area contributed by atoms with Crippen LogP contribution in [0.25, 0.3) is 16.7 Å². The normalized spacial score (nSPS) is 11.0. The highest BCUT2D eigenvalue weighted by atomic mass is 35.5. The highest BCUT2D eigenvalue weighted by molar-refractivity contribution is 6.31. The Morgan fingerprint density at radius 1 is 1.28 bits per heavy atom. The molecule has 3 aromatic rings. The number of aromatic nitrogens is 3. The Bertz CT molecular complexity index is 738. The maximum absolute atomic E-state index is 13.7. The molecule has 0 amide bonds. The van der Waals surface area contributed by atoms with Gasteiger partial charge in [-0.1, -0.05) is 11.6 Å². The minimum absolute atomic E-state index is 0.282. The molecule has 0 aliphatic carbocycles. The number of anilines is 1. The quantitative estimate of drug-likeness (QED) is 0.686. The summed E-state index contributed by atoms with van der Waals surface area (Å²) in [6, 6.07) is 6.04. The predicted molar refractivity (Wildman–Crippen MR) is 68.2 cm³/mol. The van der Waals surface area contributed by atoms with E-state index >= 15 is 0 Å². The molecular weight excluding hydrogens is 255 g/mol. The molecule has 0 saturated heterocycles. The summed E-state index contributed by atoms with van der Waals surface area (Å²) in [7, 11) is 0. The average molecular weight is 263 g/mol. The van der Waals surface area contributed by atoms with E-state index in [1.54, 1.807) is 12.3 Å². The van der Waals surface area contributed by atoms with Gasteiger partial charge in [0.15, 0.2) is 5.65 Å². The van der Waals surface area contributed by atoms with Crippen molar-refractivity contribution >= 4 is 28.3 Å². The summed E-state index contributed by atoms with van der Waals surface area (Å²) in [6.07, 6.45) is 3.16. The van der Waals surface area contributed by atoms with Crippen molar-refractivity contribution in [3.63, 3.8) is 0 Å². The van der Waals surface area contributed by atoms with Crippen LogP contribution in [0.3, 0.4) is 0 Å². The number of hydrogen-bond donors (Lipinski definition) is 1. The Labute approximate surface area is 107 Å². The zero-order chi connectivity index (χ0) is 12.7. The number of nitrogens with zero attached hydrogens (tertiary/aromatic N) is 3. The number of halogens is 2. The zero-order valence-corrected chi connectivity index (χ0v) is 9.89. The van der Waals surface area contributed by atoms with Crippen LogP contribution in [0.15, 0.2) is 36.7 Å². The van der Waals surface area contributed by atoms with Gasteiger partial charge in [0.1, 0.15) is 11.5 Å². The molecule has 18 heavy (non-hydrogen) atoms. The highest BCUT2D eigenvalue weighted by Gasteiger charge is 2.09. The van der Waals surface area contributed by atoms with Crippen LogP contribution in [0.2, 0.25) is 5.02 Å². The van der Waals surface area contributed by atoms with E-state index in [0.29, 0.717) is 16.4 Å². The van der Waals surface area contributed by atoms with E-state index < -0.39 is 5.82 Å². The molecule has 2 aromatic heterocycles. The monoisotopic (exact) mass is 262 g/mol. The first-order chi connectivity index (χ1) is 8.63. The number of hydrogen-bond acceptors (Lipinski definition) is 3. The summed E-state index contributed by atoms with van der Waals surface area (Å²) >= 11 is 5.84. The van der Waals surface area contributed by atoms with Gasteiger partial charge in [0.25, 0.3) is 0 Å². The van der Waals surface area contributed by atoms with Gasteiger partial charge in [-0.25, -0.2) is 14.1 Å². The van der Waals surface area contributed by atoms with Crippen LogP contribution in [0, 0.1) is 5.82 Å². The molecule has 0 bridgehead atoms. The van der Waals surface area contributed by atoms with Gasteiger partial charge in [-0.05, 0) is 24.3 Å². The van der Waals surface area contributed by atoms with Gasteiger partial charge in [0.2, 0.25) is 0 Å². The fourth-order valence-corrected chi connectivity index (χ4v) is 1.88. The third kappa shape index (κ3) is 1.78. The summed E-state index contributed by atoms with van der Waals surface area (Å²) in [5.41, 5.74) is 6.89. The lowest BCUT2D eigenvalue weighted by Crippen LogP contribution is -1.99. The summed E-state index contributed by atoms with van der Waals surface area (Å²) < 4.78 is 15.1. The summed E-state index contributed by atoms with van der Waals surface area (Å²) in [6.45, 7) is 0. The van der Waals surface area contributed by atoms with Crippen molar-refractivity contribution in [1.82, 2.24) is 14.8 Å². The van der Waals surface area contributed by atoms with Gasteiger partial charge >= 0.3 is 0 Å². The van der Waals surface area contributed by atoms with Crippen molar-refractivity contribution in [3.8, 4) is 5.69 Å². The predicted octanol–water partition coefficient (Wildman–Crippen LogP) is 2.80. The average Bonchev–Trinajstić information content (AvgIpc) is 2.74. The number of fused-ring (bicyclic) bond motifs is 1. The second kappa shape index (κ2) is 3.96. The molecule has 2 N–H and O–H groups in total. The summed E-state index contributed by atoms with van der Waals surface area (Å²) in [5.74, 6) is -0.400. The van der Waals surface area contributed by atoms with Gasteiger partial charge < -0.3 is 5.73 Å². The molecule has 0 aliphatic rings. The molecule has 0 saturated carbocycles. The van der Waals surface area contributed by atoms with Crippen molar-refractivity contribution in [2.75, 3.05) is 5.73 Å². The summed E-state index contributed by atoms with van der Waals surface area (Å²) in [4.78, 5) is 4.06. The second-order valence-corrected chi connectivity index (χ2v) is 4.29. The van der Waals surface area contributed by atoms with E-state index in [4.69, 9.17) is 17.3 Å². The van der Waals surface area contributed by atoms with Gasteiger partial charge in [0, 0.05) is 23.5 Å². The second-order valence-electron chi connectivity index (χ2n) is 3.85. The fraction of sp³-hybridized carbons (Fsp3) is 0. The van der Waals surface area contributed by atoms with Gasteiger partial charge in [-0.2, -0.15) is 0 Å². The molecule has 3 rings (SSSR count). The molecule has 90 valence electrons. The molecule has 2 heterocycles. The van der Waals surface area contributed by atoms with Crippen LogP contribution in [0.5, 0.6) is 0 Å². The minimum atomic E-state index is -0.400. The molecule has 4 nitrogen and oxygen atoms in total. The van der Waals surface area contributed by atoms with Crippen molar-refractivity contribution in [1.29, 1.82) is 0 Å². The molecule has 0 atom stereocenters. The molecule has 0 aliphatic heterocycles. The standard InChI is InChI=1S/C12H8ClFN4/c13-8-3-7-6-18(17-12(7)16-5-8)11-4-9(15)1-2-10(11)14/h1-6H,15H2. The Hall–Kier alpha value is -2.14. The van der Waals surface area contributed by atoms with E-state index in [1.165, 1.54) is 29.1 Å². The maximum Gasteiger partial charge on any atom is 0.181 e. The fourth-order valence-electron chi connectivity index (χ4n) is 1.72. The Morgan fingerprint density at radius 3 is 2.94 bits per heavy atom. The third-order valence-corrected chi connectivity index (χ3v) is 2.75. The van der Waals surface area contributed by atoms with Crippen LogP contribution in [0.4, 0.5) is 10.1 Å². The number of nitrogens with two attached hydrogens (primary N) is 1. The zero-order valence-electron chi connectivity index (χ0n) is 9.14. The highest BCUT2D eigenvalue weighted by Crippen LogP contribution is 2.20. The van der Waals surface area contributed by atoms with E-state index in [-0.39, 0.29) is 5.69 Å². The Kier molecular flexibility index (Phi) is 2.41. The van der Waals surface area contributed by atoms with E-state index in [9.17, 15) is 4.39 Å². The van der Waals surface area contributed by atoms with Crippen molar-refractivity contribution in [3.05, 3.63) is 47.5 Å². The Balaban J connectivity index is 2.22. The SMILES string of the molecule is Nc1ccc(F)c(-n2cc3cc(Cl)cnc3n2)c1. The molecule has 0 radical (unpaired) electrons. The first-order valence-corrected chi connectivity index (χ1v) is 5.57. The maximum atomic E-state index is 13.7. The summed E-state index contributed by atoms with van der Waals surface area (Å²) in [5, 5.41) is 5.43. The Morgan fingerprint density at radius 2 is 2.11 bits per heavy atom.